The van der Waals surface area contributed by atoms with Gasteiger partial charge in [-0.3, -0.25) is 4.84 Å². The van der Waals surface area contributed by atoms with E-state index in [0.717, 1.165) is 5.69 Å². The fourth-order valence-electron chi connectivity index (χ4n) is 2.36. The third-order valence-electron chi connectivity index (χ3n) is 3.13. The van der Waals surface area contributed by atoms with E-state index >= 15 is 0 Å². The Bertz CT molecular complexity index is 449. The lowest BCUT2D eigenvalue weighted by molar-refractivity contribution is -0.00388. The molecule has 0 radical (unpaired) electrons. The molecule has 3 unspecified atom stereocenters. The summed E-state index contributed by atoms with van der Waals surface area (Å²) in [5.41, 5.74) is -0.0552. The van der Waals surface area contributed by atoms with Gasteiger partial charge in [0, 0.05) is 6.92 Å². The zero-order chi connectivity index (χ0) is 12.0. The molecule has 17 heavy (non-hydrogen) atoms. The predicted molar refractivity (Wildman–Crippen MR) is 59.2 cm³/mol. The molecule has 0 bridgehead atoms. The number of nitrogens with zero attached hydrogens (tertiary/aromatic N) is 1. The van der Waals surface area contributed by atoms with Gasteiger partial charge in [0.25, 0.3) is 0 Å². The normalized spacial score (nSPS) is 35.4. The Kier molecular flexibility index (Phi) is 2.06. The molecule has 1 aromatic rings. The molecule has 0 amide bonds. The molecule has 0 aromatic heterocycles. The lowest BCUT2D eigenvalue weighted by Gasteiger charge is -2.29. The summed E-state index contributed by atoms with van der Waals surface area (Å²) in [6, 6.07) is 9.51. The van der Waals surface area contributed by atoms with Crippen LogP contribution in [0.25, 0.3) is 0 Å². The second-order valence-electron chi connectivity index (χ2n) is 4.39. The molecule has 5 heteroatoms. The van der Waals surface area contributed by atoms with Crippen LogP contribution in [0.15, 0.2) is 30.3 Å². The van der Waals surface area contributed by atoms with Crippen molar-refractivity contribution < 1.29 is 19.1 Å². The fraction of sp³-hybridized carbons (Fsp3) is 0.417. The molecule has 0 spiro atoms. The third kappa shape index (κ3) is 1.39. The number of hydroxylamine groups is 1. The van der Waals surface area contributed by atoms with Crippen LogP contribution in [-0.4, -0.2) is 24.1 Å². The first-order valence-corrected chi connectivity index (χ1v) is 5.53. The van der Waals surface area contributed by atoms with Gasteiger partial charge >= 0.3 is 6.16 Å². The van der Waals surface area contributed by atoms with Gasteiger partial charge in [-0.2, -0.15) is 0 Å². The minimum Gasteiger partial charge on any atom is -0.422 e. The van der Waals surface area contributed by atoms with Crippen LogP contribution in [0.5, 0.6) is 0 Å². The number of fused-ring (bicyclic) bond motifs is 1. The van der Waals surface area contributed by atoms with Crippen LogP contribution < -0.4 is 5.06 Å². The number of hydrogen-bond acceptors (Lipinski definition) is 5. The molecule has 2 aliphatic heterocycles. The Balaban J connectivity index is 1.99. The summed E-state index contributed by atoms with van der Waals surface area (Å²) in [6.07, 6.45) is -1.28. The van der Waals surface area contributed by atoms with Crippen LogP contribution in [0.1, 0.15) is 13.8 Å². The number of hydrogen-bond donors (Lipinski definition) is 0. The highest BCUT2D eigenvalue weighted by atomic mass is 16.9. The van der Waals surface area contributed by atoms with Gasteiger partial charge in [-0.15, -0.1) is 0 Å². The van der Waals surface area contributed by atoms with Crippen LogP contribution in [0.2, 0.25) is 0 Å². The Morgan fingerprint density at radius 2 is 2.00 bits per heavy atom. The minimum absolute atomic E-state index is 0.230. The van der Waals surface area contributed by atoms with Gasteiger partial charge in [-0.1, -0.05) is 18.2 Å². The van der Waals surface area contributed by atoms with Crippen LogP contribution in [0, 0.1) is 0 Å². The Morgan fingerprint density at radius 3 is 2.71 bits per heavy atom. The molecule has 0 saturated carbocycles. The standard InChI is InChI=1S/C12H13NO4/c1-8-10-12(2,16-11(14)15-10)13(17-8)9-6-4-3-5-7-9/h3-8,10H,1-2H3. The molecule has 2 heterocycles. The van der Waals surface area contributed by atoms with Crippen LogP contribution >= 0.6 is 0 Å². The average molecular weight is 235 g/mol. The third-order valence-corrected chi connectivity index (χ3v) is 3.13. The highest BCUT2D eigenvalue weighted by Gasteiger charge is 2.61. The van der Waals surface area contributed by atoms with E-state index in [2.05, 4.69) is 0 Å². The minimum atomic E-state index is -0.891. The Morgan fingerprint density at radius 1 is 1.29 bits per heavy atom. The first kappa shape index (κ1) is 10.4. The summed E-state index contributed by atoms with van der Waals surface area (Å²) in [5.74, 6) is 0. The SMILES string of the molecule is CC1ON(c2ccccc2)C2(C)OC(=O)OC12. The predicted octanol–water partition coefficient (Wildman–Crippen LogP) is 2.08. The summed E-state index contributed by atoms with van der Waals surface area (Å²) in [5, 5.41) is 1.60. The number of carbonyl (C=O) groups is 1. The molecule has 1 aromatic carbocycles. The number of carbonyl (C=O) groups excluding carboxylic acids is 1. The highest BCUT2D eigenvalue weighted by molar-refractivity contribution is 5.65. The monoisotopic (exact) mass is 235 g/mol. The first-order chi connectivity index (χ1) is 8.11. The number of para-hydroxylation sites is 1. The zero-order valence-electron chi connectivity index (χ0n) is 9.62. The van der Waals surface area contributed by atoms with Crippen molar-refractivity contribution >= 4 is 11.8 Å². The molecule has 5 nitrogen and oxygen atoms in total. The summed E-state index contributed by atoms with van der Waals surface area (Å²) in [6.45, 7) is 3.65. The van der Waals surface area contributed by atoms with E-state index in [1.54, 1.807) is 12.0 Å². The molecule has 2 saturated heterocycles. The van der Waals surface area contributed by atoms with Gasteiger partial charge in [-0.25, -0.2) is 9.86 Å². The van der Waals surface area contributed by atoms with Gasteiger partial charge < -0.3 is 9.47 Å². The van der Waals surface area contributed by atoms with Gasteiger partial charge in [0.05, 0.1) is 5.69 Å². The number of benzene rings is 1. The molecule has 0 aliphatic carbocycles. The van der Waals surface area contributed by atoms with Crippen LogP contribution in [-0.2, 0) is 14.3 Å². The van der Waals surface area contributed by atoms with Crippen molar-refractivity contribution in [3.63, 3.8) is 0 Å². The smallest absolute Gasteiger partial charge is 0.422 e. The van der Waals surface area contributed by atoms with Crippen LogP contribution in [0.4, 0.5) is 10.5 Å². The maximum atomic E-state index is 11.3. The molecular formula is C12H13NO4. The molecule has 90 valence electrons. The molecular weight excluding hydrogens is 222 g/mol. The fourth-order valence-corrected chi connectivity index (χ4v) is 2.36. The molecule has 3 atom stereocenters. The van der Waals surface area contributed by atoms with Crippen molar-refractivity contribution in [2.45, 2.75) is 31.8 Å². The Hall–Kier alpha value is -1.75. The van der Waals surface area contributed by atoms with Gasteiger partial charge in [0.2, 0.25) is 5.72 Å². The van der Waals surface area contributed by atoms with Crippen molar-refractivity contribution in [2.75, 3.05) is 5.06 Å². The van der Waals surface area contributed by atoms with Crippen molar-refractivity contribution in [1.82, 2.24) is 0 Å². The zero-order valence-corrected chi connectivity index (χ0v) is 9.62. The van der Waals surface area contributed by atoms with Crippen molar-refractivity contribution in [2.24, 2.45) is 0 Å². The summed E-state index contributed by atoms with van der Waals surface area (Å²) in [4.78, 5) is 17.0. The van der Waals surface area contributed by atoms with E-state index in [-0.39, 0.29) is 6.10 Å². The van der Waals surface area contributed by atoms with E-state index < -0.39 is 18.0 Å². The van der Waals surface area contributed by atoms with Gasteiger partial charge in [0.15, 0.2) is 6.10 Å². The molecule has 0 N–H and O–H groups in total. The number of rotatable bonds is 1. The number of anilines is 1. The molecule has 3 rings (SSSR count). The second kappa shape index (κ2) is 3.37. The topological polar surface area (TPSA) is 48.0 Å². The quantitative estimate of drug-likeness (QED) is 0.697. The molecule has 2 aliphatic rings. The van der Waals surface area contributed by atoms with E-state index in [9.17, 15) is 4.79 Å². The summed E-state index contributed by atoms with van der Waals surface area (Å²) >= 11 is 0. The lowest BCUT2D eigenvalue weighted by atomic mass is 10.1. The van der Waals surface area contributed by atoms with Gasteiger partial charge in [0.1, 0.15) is 6.10 Å². The van der Waals surface area contributed by atoms with Crippen molar-refractivity contribution in [3.8, 4) is 0 Å². The number of ether oxygens (including phenoxy) is 2. The summed E-state index contributed by atoms with van der Waals surface area (Å²) < 4.78 is 10.4. The second-order valence-corrected chi connectivity index (χ2v) is 4.39. The Labute approximate surface area is 98.8 Å². The summed E-state index contributed by atoms with van der Waals surface area (Å²) in [7, 11) is 0. The van der Waals surface area contributed by atoms with E-state index in [1.165, 1.54) is 0 Å². The first-order valence-electron chi connectivity index (χ1n) is 5.53. The molecule has 2 fully saturated rings. The lowest BCUT2D eigenvalue weighted by Crippen LogP contribution is -2.46. The maximum absolute atomic E-state index is 11.3. The van der Waals surface area contributed by atoms with Gasteiger partial charge in [-0.05, 0) is 19.1 Å². The largest absolute Gasteiger partial charge is 0.511 e. The van der Waals surface area contributed by atoms with E-state index in [4.69, 9.17) is 14.3 Å². The van der Waals surface area contributed by atoms with Crippen molar-refractivity contribution in [1.29, 1.82) is 0 Å². The maximum Gasteiger partial charge on any atom is 0.511 e. The highest BCUT2D eigenvalue weighted by Crippen LogP contribution is 2.42. The van der Waals surface area contributed by atoms with Crippen LogP contribution in [0.3, 0.4) is 0 Å². The van der Waals surface area contributed by atoms with E-state index in [0.29, 0.717) is 0 Å². The van der Waals surface area contributed by atoms with Crippen molar-refractivity contribution in [3.05, 3.63) is 30.3 Å². The average Bonchev–Trinajstić information content (AvgIpc) is 2.74. The van der Waals surface area contributed by atoms with E-state index in [1.807, 2.05) is 37.3 Å².